The molecule has 0 fully saturated rings. The third kappa shape index (κ3) is 1.59. The molecule has 1 aromatic heterocycles. The summed E-state index contributed by atoms with van der Waals surface area (Å²) in [4.78, 5) is 0. The Morgan fingerprint density at radius 2 is 2.07 bits per heavy atom. The molecule has 14 heavy (non-hydrogen) atoms. The van der Waals surface area contributed by atoms with E-state index < -0.39 is 7.12 Å². The van der Waals surface area contributed by atoms with E-state index in [0.29, 0.717) is 14.3 Å². The number of hydrogen-bond acceptors (Lipinski definition) is 3. The molecule has 0 saturated heterocycles. The second-order valence-electron chi connectivity index (χ2n) is 2.77. The minimum Gasteiger partial charge on any atom is -0.423 e. The van der Waals surface area contributed by atoms with Gasteiger partial charge in [-0.1, -0.05) is 23.7 Å². The second-order valence-corrected chi connectivity index (χ2v) is 5.02. The van der Waals surface area contributed by atoms with Crippen LogP contribution in [0, 0.1) is 0 Å². The summed E-state index contributed by atoms with van der Waals surface area (Å²) in [6.45, 7) is 0. The molecule has 2 nitrogen and oxygen atoms in total. The van der Waals surface area contributed by atoms with Crippen molar-refractivity contribution >= 4 is 60.8 Å². The Bertz CT molecular complexity index is 485. The van der Waals surface area contributed by atoms with Crippen LogP contribution in [0.3, 0.4) is 0 Å². The van der Waals surface area contributed by atoms with Crippen molar-refractivity contribution in [3.63, 3.8) is 0 Å². The summed E-state index contributed by atoms with van der Waals surface area (Å²) in [7, 11) is -1.46. The number of rotatable bonds is 1. The summed E-state index contributed by atoms with van der Waals surface area (Å²) in [5, 5.41) is 19.7. The maximum Gasteiger partial charge on any atom is 0.500 e. The highest BCUT2D eigenvalue weighted by molar-refractivity contribution is 9.11. The molecule has 0 spiro atoms. The van der Waals surface area contributed by atoms with E-state index in [0.717, 1.165) is 10.1 Å². The van der Waals surface area contributed by atoms with Crippen molar-refractivity contribution in [3.8, 4) is 0 Å². The van der Waals surface area contributed by atoms with Crippen LogP contribution in [-0.2, 0) is 0 Å². The fraction of sp³-hybridized carbons (Fsp3) is 0. The van der Waals surface area contributed by atoms with Crippen molar-refractivity contribution in [1.29, 1.82) is 0 Å². The van der Waals surface area contributed by atoms with Crippen LogP contribution in [0.25, 0.3) is 10.1 Å². The molecular weight excluding hydrogens is 286 g/mol. The monoisotopic (exact) mass is 290 g/mol. The molecule has 0 bridgehead atoms. The van der Waals surface area contributed by atoms with E-state index in [-0.39, 0.29) is 0 Å². The largest absolute Gasteiger partial charge is 0.500 e. The second kappa shape index (κ2) is 3.83. The van der Waals surface area contributed by atoms with Crippen molar-refractivity contribution in [3.05, 3.63) is 27.7 Å². The SMILES string of the molecule is OB(O)c1sc2c(Cl)cccc2c1Br. The first-order valence-corrected chi connectivity index (χ1v) is 5.82. The first-order valence-electron chi connectivity index (χ1n) is 3.84. The smallest absolute Gasteiger partial charge is 0.423 e. The van der Waals surface area contributed by atoms with E-state index in [2.05, 4.69) is 15.9 Å². The fourth-order valence-corrected chi connectivity index (χ4v) is 3.41. The Balaban J connectivity index is 2.80. The van der Waals surface area contributed by atoms with Gasteiger partial charge in [-0.2, -0.15) is 0 Å². The molecule has 2 rings (SSSR count). The average Bonchev–Trinajstić information content (AvgIpc) is 2.46. The van der Waals surface area contributed by atoms with E-state index in [9.17, 15) is 0 Å². The van der Waals surface area contributed by atoms with Gasteiger partial charge in [0.15, 0.2) is 0 Å². The van der Waals surface area contributed by atoms with Gasteiger partial charge in [0.1, 0.15) is 0 Å². The number of hydrogen-bond donors (Lipinski definition) is 2. The Labute approximate surface area is 98.4 Å². The van der Waals surface area contributed by atoms with Crippen LogP contribution in [0.5, 0.6) is 0 Å². The molecule has 0 unspecified atom stereocenters. The van der Waals surface area contributed by atoms with Crippen LogP contribution in [-0.4, -0.2) is 17.2 Å². The molecule has 1 aromatic carbocycles. The third-order valence-electron chi connectivity index (χ3n) is 1.87. The Morgan fingerprint density at radius 3 is 2.64 bits per heavy atom. The molecule has 0 amide bonds. The molecular formula is C8H5BBrClO2S. The summed E-state index contributed by atoms with van der Waals surface area (Å²) < 4.78 is 2.05. The molecule has 0 aliphatic carbocycles. The van der Waals surface area contributed by atoms with Crippen LogP contribution >= 0.6 is 38.9 Å². The highest BCUT2D eigenvalue weighted by atomic mass is 79.9. The van der Waals surface area contributed by atoms with Crippen LogP contribution < -0.4 is 4.78 Å². The Morgan fingerprint density at radius 1 is 1.36 bits per heavy atom. The van der Waals surface area contributed by atoms with E-state index in [1.165, 1.54) is 11.3 Å². The first-order chi connectivity index (χ1) is 6.61. The van der Waals surface area contributed by atoms with Gasteiger partial charge in [0.05, 0.1) is 14.5 Å². The zero-order valence-corrected chi connectivity index (χ0v) is 10.0. The molecule has 1 heterocycles. The topological polar surface area (TPSA) is 40.5 Å². The third-order valence-corrected chi connectivity index (χ3v) is 4.69. The normalized spacial score (nSPS) is 10.9. The Kier molecular flexibility index (Phi) is 2.86. The lowest BCUT2D eigenvalue weighted by Gasteiger charge is -1.93. The van der Waals surface area contributed by atoms with E-state index in [4.69, 9.17) is 21.6 Å². The van der Waals surface area contributed by atoms with Gasteiger partial charge in [0.25, 0.3) is 0 Å². The predicted molar refractivity (Wildman–Crippen MR) is 64.4 cm³/mol. The highest BCUT2D eigenvalue weighted by Crippen LogP contribution is 2.33. The number of benzene rings is 1. The zero-order valence-electron chi connectivity index (χ0n) is 6.87. The minimum absolute atomic E-state index is 0.480. The van der Waals surface area contributed by atoms with Crippen molar-refractivity contribution in [2.24, 2.45) is 0 Å². The fourth-order valence-electron chi connectivity index (χ4n) is 1.24. The minimum atomic E-state index is -1.46. The molecule has 2 N–H and O–H groups in total. The average molecular weight is 291 g/mol. The van der Waals surface area contributed by atoms with Crippen molar-refractivity contribution in [2.45, 2.75) is 0 Å². The lowest BCUT2D eigenvalue weighted by molar-refractivity contribution is 0.426. The summed E-state index contributed by atoms with van der Waals surface area (Å²) in [6.07, 6.45) is 0. The molecule has 6 heteroatoms. The molecule has 0 atom stereocenters. The highest BCUT2D eigenvalue weighted by Gasteiger charge is 2.21. The molecule has 2 aromatic rings. The van der Waals surface area contributed by atoms with Gasteiger partial charge < -0.3 is 10.0 Å². The van der Waals surface area contributed by atoms with Gasteiger partial charge in [0.2, 0.25) is 0 Å². The zero-order chi connectivity index (χ0) is 10.3. The van der Waals surface area contributed by atoms with Crippen LogP contribution in [0.15, 0.2) is 22.7 Å². The van der Waals surface area contributed by atoms with Gasteiger partial charge in [-0.3, -0.25) is 0 Å². The molecule has 0 aliphatic rings. The van der Waals surface area contributed by atoms with Crippen molar-refractivity contribution < 1.29 is 10.0 Å². The van der Waals surface area contributed by atoms with Gasteiger partial charge in [-0.25, -0.2) is 0 Å². The quantitative estimate of drug-likeness (QED) is 0.789. The van der Waals surface area contributed by atoms with Crippen molar-refractivity contribution in [2.75, 3.05) is 0 Å². The summed E-state index contributed by atoms with van der Waals surface area (Å²) in [6, 6.07) is 5.49. The first kappa shape index (κ1) is 10.5. The molecule has 0 radical (unpaired) electrons. The van der Waals surface area contributed by atoms with Gasteiger partial charge in [-0.05, 0) is 22.0 Å². The van der Waals surface area contributed by atoms with Crippen LogP contribution in [0.4, 0.5) is 0 Å². The van der Waals surface area contributed by atoms with Gasteiger partial charge in [-0.15, -0.1) is 11.3 Å². The molecule has 0 saturated carbocycles. The standard InChI is InChI=1S/C8H5BBrClO2S/c10-6-4-2-1-3-5(11)7(4)14-8(6)9(12)13/h1-3,12-13H. The lowest BCUT2D eigenvalue weighted by Crippen LogP contribution is -2.27. The number of fused-ring (bicyclic) bond motifs is 1. The summed E-state index contributed by atoms with van der Waals surface area (Å²) in [5.74, 6) is 0. The Hall–Kier alpha value is -0.0651. The number of halogens is 2. The van der Waals surface area contributed by atoms with Gasteiger partial charge in [0, 0.05) is 9.86 Å². The molecule has 0 aliphatic heterocycles. The number of thiophene rings is 1. The summed E-state index contributed by atoms with van der Waals surface area (Å²) in [5.41, 5.74) is 0. The summed E-state index contributed by atoms with van der Waals surface area (Å²) >= 11 is 10.6. The lowest BCUT2D eigenvalue weighted by atomic mass is 9.89. The van der Waals surface area contributed by atoms with E-state index in [1.54, 1.807) is 6.07 Å². The van der Waals surface area contributed by atoms with E-state index in [1.807, 2.05) is 12.1 Å². The van der Waals surface area contributed by atoms with E-state index >= 15 is 0 Å². The predicted octanol–water partition coefficient (Wildman–Crippen LogP) is 2.00. The van der Waals surface area contributed by atoms with Crippen LogP contribution in [0.1, 0.15) is 0 Å². The maximum absolute atomic E-state index is 9.09. The maximum atomic E-state index is 9.09. The van der Waals surface area contributed by atoms with Crippen LogP contribution in [0.2, 0.25) is 5.02 Å². The van der Waals surface area contributed by atoms with Crippen molar-refractivity contribution in [1.82, 2.24) is 0 Å². The molecule has 72 valence electrons. The van der Waals surface area contributed by atoms with Gasteiger partial charge >= 0.3 is 7.12 Å².